The summed E-state index contributed by atoms with van der Waals surface area (Å²) >= 11 is 0. The summed E-state index contributed by atoms with van der Waals surface area (Å²) in [7, 11) is 0. The van der Waals surface area contributed by atoms with Crippen LogP contribution in [0.1, 0.15) is 11.4 Å². The Labute approximate surface area is 108 Å². The molecule has 1 aromatic heterocycles. The van der Waals surface area contributed by atoms with Gasteiger partial charge in [-0.15, -0.1) is 10.2 Å². The lowest BCUT2D eigenvalue weighted by Crippen LogP contribution is -2.34. The molecule has 0 radical (unpaired) electrons. The molecule has 1 aliphatic rings. The Morgan fingerprint density at radius 1 is 1.21 bits per heavy atom. The van der Waals surface area contributed by atoms with Crippen LogP contribution in [0.2, 0.25) is 0 Å². The highest BCUT2D eigenvalue weighted by atomic mass is 19.1. The van der Waals surface area contributed by atoms with E-state index in [0.29, 0.717) is 31.0 Å². The Morgan fingerprint density at radius 2 is 1.95 bits per heavy atom. The summed E-state index contributed by atoms with van der Waals surface area (Å²) in [5.41, 5.74) is 5.82. The third kappa shape index (κ3) is 2.06. The van der Waals surface area contributed by atoms with Crippen LogP contribution in [0.3, 0.4) is 0 Å². The first kappa shape index (κ1) is 12.0. The zero-order chi connectivity index (χ0) is 13.4. The highest BCUT2D eigenvalue weighted by Gasteiger charge is 2.23. The van der Waals surface area contributed by atoms with Gasteiger partial charge in [0.2, 0.25) is 0 Å². The zero-order valence-electron chi connectivity index (χ0n) is 10.2. The molecule has 5 nitrogen and oxygen atoms in total. The van der Waals surface area contributed by atoms with Crippen LogP contribution in [0.5, 0.6) is 0 Å². The molecular weight excluding hydrogens is 252 g/mol. The number of halogens is 2. The van der Waals surface area contributed by atoms with Gasteiger partial charge in [-0.3, -0.25) is 0 Å². The number of benzene rings is 1. The van der Waals surface area contributed by atoms with Gasteiger partial charge in [-0.25, -0.2) is 8.78 Å². The second-order valence-corrected chi connectivity index (χ2v) is 4.47. The molecule has 0 amide bonds. The van der Waals surface area contributed by atoms with Gasteiger partial charge in [-0.05, 0) is 17.7 Å². The van der Waals surface area contributed by atoms with E-state index in [2.05, 4.69) is 10.2 Å². The van der Waals surface area contributed by atoms with Gasteiger partial charge < -0.3 is 15.2 Å². The quantitative estimate of drug-likeness (QED) is 0.881. The van der Waals surface area contributed by atoms with Crippen molar-refractivity contribution in [1.82, 2.24) is 14.8 Å². The fourth-order valence-corrected chi connectivity index (χ4v) is 2.30. The molecule has 0 unspecified atom stereocenters. The Balaban J connectivity index is 1.96. The van der Waals surface area contributed by atoms with E-state index < -0.39 is 11.6 Å². The lowest BCUT2D eigenvalue weighted by molar-refractivity contribution is 0.521. The molecule has 0 spiro atoms. The van der Waals surface area contributed by atoms with Gasteiger partial charge in [0.1, 0.15) is 23.6 Å². The molecule has 2 N–H and O–H groups in total. The normalized spacial score (nSPS) is 14.6. The molecule has 2 heterocycles. The molecule has 100 valence electrons. The van der Waals surface area contributed by atoms with E-state index in [1.165, 1.54) is 12.1 Å². The van der Waals surface area contributed by atoms with Gasteiger partial charge in [0.25, 0.3) is 0 Å². The fourth-order valence-electron chi connectivity index (χ4n) is 2.30. The van der Waals surface area contributed by atoms with Crippen molar-refractivity contribution in [3.63, 3.8) is 0 Å². The van der Waals surface area contributed by atoms with Gasteiger partial charge in [-0.1, -0.05) is 0 Å². The maximum absolute atomic E-state index is 14.0. The monoisotopic (exact) mass is 265 g/mol. The molecule has 0 bridgehead atoms. The number of aromatic nitrogens is 3. The van der Waals surface area contributed by atoms with Crippen molar-refractivity contribution in [3.05, 3.63) is 41.5 Å². The SMILES string of the molecule is NCc1cc(F)c(N2CCn3cnnc3C2)c(F)c1. The standard InChI is InChI=1S/C12H13F2N5/c13-9-3-8(5-15)4-10(14)12(9)18-1-2-19-7-16-17-11(19)6-18/h3-4,7H,1-2,5-6,15H2. The predicted molar refractivity (Wildman–Crippen MR) is 65.3 cm³/mol. The van der Waals surface area contributed by atoms with Gasteiger partial charge in [-0.2, -0.15) is 0 Å². The van der Waals surface area contributed by atoms with E-state index >= 15 is 0 Å². The molecule has 1 aromatic carbocycles. The highest BCUT2D eigenvalue weighted by Crippen LogP contribution is 2.27. The first-order chi connectivity index (χ1) is 9.19. The fraction of sp³-hybridized carbons (Fsp3) is 0.333. The zero-order valence-corrected chi connectivity index (χ0v) is 10.2. The molecule has 19 heavy (non-hydrogen) atoms. The van der Waals surface area contributed by atoms with E-state index in [-0.39, 0.29) is 12.2 Å². The van der Waals surface area contributed by atoms with Crippen LogP contribution in [0, 0.1) is 11.6 Å². The molecule has 0 saturated heterocycles. The maximum atomic E-state index is 14.0. The second kappa shape index (κ2) is 4.58. The topological polar surface area (TPSA) is 60.0 Å². The van der Waals surface area contributed by atoms with Crippen LogP contribution >= 0.6 is 0 Å². The molecular formula is C12H13F2N5. The van der Waals surface area contributed by atoms with Crippen molar-refractivity contribution >= 4 is 5.69 Å². The number of hydrogen-bond acceptors (Lipinski definition) is 4. The average Bonchev–Trinajstić information content (AvgIpc) is 2.85. The lowest BCUT2D eigenvalue weighted by atomic mass is 10.1. The number of anilines is 1. The summed E-state index contributed by atoms with van der Waals surface area (Å²) in [5, 5.41) is 7.72. The van der Waals surface area contributed by atoms with Gasteiger partial charge >= 0.3 is 0 Å². The lowest BCUT2D eigenvalue weighted by Gasteiger charge is -2.29. The van der Waals surface area contributed by atoms with Crippen LogP contribution in [0.25, 0.3) is 0 Å². The summed E-state index contributed by atoms with van der Waals surface area (Å²) in [4.78, 5) is 1.63. The van der Waals surface area contributed by atoms with Crippen molar-refractivity contribution in [2.75, 3.05) is 11.4 Å². The average molecular weight is 265 g/mol. The van der Waals surface area contributed by atoms with Crippen molar-refractivity contribution < 1.29 is 8.78 Å². The number of nitrogens with two attached hydrogens (primary N) is 1. The Hall–Kier alpha value is -2.02. The van der Waals surface area contributed by atoms with Crippen LogP contribution in [0.4, 0.5) is 14.5 Å². The van der Waals surface area contributed by atoms with E-state index in [1.54, 1.807) is 11.2 Å². The Morgan fingerprint density at radius 3 is 2.63 bits per heavy atom. The minimum absolute atomic E-state index is 0.0218. The maximum Gasteiger partial charge on any atom is 0.152 e. The summed E-state index contributed by atoms with van der Waals surface area (Å²) in [6, 6.07) is 2.55. The second-order valence-electron chi connectivity index (χ2n) is 4.47. The van der Waals surface area contributed by atoms with E-state index in [0.717, 1.165) is 0 Å². The molecule has 7 heteroatoms. The number of rotatable bonds is 2. The number of hydrogen-bond donors (Lipinski definition) is 1. The summed E-state index contributed by atoms with van der Waals surface area (Å²) in [6.07, 6.45) is 1.62. The Bertz CT molecular complexity index is 587. The first-order valence-electron chi connectivity index (χ1n) is 5.98. The molecule has 0 fully saturated rings. The van der Waals surface area contributed by atoms with Crippen molar-refractivity contribution in [2.45, 2.75) is 19.6 Å². The molecule has 2 aromatic rings. The molecule has 0 atom stereocenters. The number of fused-ring (bicyclic) bond motifs is 1. The third-order valence-electron chi connectivity index (χ3n) is 3.27. The third-order valence-corrected chi connectivity index (χ3v) is 3.27. The minimum Gasteiger partial charge on any atom is -0.357 e. The molecule has 1 aliphatic heterocycles. The Kier molecular flexibility index (Phi) is 2.90. The minimum atomic E-state index is -0.589. The van der Waals surface area contributed by atoms with Gasteiger partial charge in [0.15, 0.2) is 5.82 Å². The number of nitrogens with zero attached hydrogens (tertiary/aromatic N) is 4. The van der Waals surface area contributed by atoms with Gasteiger partial charge in [0.05, 0.1) is 6.54 Å². The summed E-state index contributed by atoms with van der Waals surface area (Å²) < 4.78 is 29.9. The largest absolute Gasteiger partial charge is 0.357 e. The smallest absolute Gasteiger partial charge is 0.152 e. The van der Waals surface area contributed by atoms with Crippen LogP contribution in [-0.4, -0.2) is 21.3 Å². The van der Waals surface area contributed by atoms with Crippen LogP contribution < -0.4 is 10.6 Å². The molecule has 3 rings (SSSR count). The van der Waals surface area contributed by atoms with Crippen LogP contribution in [0.15, 0.2) is 18.5 Å². The van der Waals surface area contributed by atoms with Crippen LogP contribution in [-0.2, 0) is 19.6 Å². The van der Waals surface area contributed by atoms with E-state index in [4.69, 9.17) is 5.73 Å². The van der Waals surface area contributed by atoms with E-state index in [1.807, 2.05) is 4.57 Å². The molecule has 0 saturated carbocycles. The van der Waals surface area contributed by atoms with E-state index in [9.17, 15) is 8.78 Å². The predicted octanol–water partition coefficient (Wildman–Crippen LogP) is 1.04. The first-order valence-corrected chi connectivity index (χ1v) is 5.98. The highest BCUT2D eigenvalue weighted by molar-refractivity contribution is 5.51. The van der Waals surface area contributed by atoms with Crippen molar-refractivity contribution in [3.8, 4) is 0 Å². The summed E-state index contributed by atoms with van der Waals surface area (Å²) in [5.74, 6) is -0.477. The van der Waals surface area contributed by atoms with Crippen molar-refractivity contribution in [2.24, 2.45) is 5.73 Å². The molecule has 0 aliphatic carbocycles. The summed E-state index contributed by atoms with van der Waals surface area (Å²) in [6.45, 7) is 1.58. The van der Waals surface area contributed by atoms with Gasteiger partial charge in [0, 0.05) is 19.6 Å². The van der Waals surface area contributed by atoms with Crippen molar-refractivity contribution in [1.29, 1.82) is 0 Å².